The van der Waals surface area contributed by atoms with E-state index >= 15 is 0 Å². The van der Waals surface area contributed by atoms with Gasteiger partial charge in [-0.3, -0.25) is 4.79 Å². The lowest BCUT2D eigenvalue weighted by Gasteiger charge is -2.08. The van der Waals surface area contributed by atoms with Crippen LogP contribution in [0.15, 0.2) is 83.3 Å². The van der Waals surface area contributed by atoms with Crippen molar-refractivity contribution in [3.8, 4) is 0 Å². The van der Waals surface area contributed by atoms with Crippen molar-refractivity contribution in [2.45, 2.75) is 6.54 Å². The third kappa shape index (κ3) is 3.50. The fraction of sp³-hybridized carbons (Fsp3) is 0.0455. The van der Waals surface area contributed by atoms with E-state index in [0.717, 1.165) is 16.3 Å². The van der Waals surface area contributed by atoms with Gasteiger partial charge in [0.25, 0.3) is 5.91 Å². The van der Waals surface area contributed by atoms with Crippen molar-refractivity contribution in [2.75, 3.05) is 0 Å². The normalized spacial score (nSPS) is 11.6. The number of benzene rings is 3. The number of carboxylic acids is 1. The highest BCUT2D eigenvalue weighted by Gasteiger charge is 2.15. The molecule has 1 aromatic heterocycles. The average Bonchev–Trinajstić information content (AvgIpc) is 3.14. The van der Waals surface area contributed by atoms with E-state index < -0.39 is 11.9 Å². The maximum atomic E-state index is 12.6. The van der Waals surface area contributed by atoms with E-state index in [-0.39, 0.29) is 11.1 Å². The summed E-state index contributed by atoms with van der Waals surface area (Å²) in [5, 5.41) is 13.5. The second-order valence-corrected chi connectivity index (χ2v) is 7.09. The summed E-state index contributed by atoms with van der Waals surface area (Å²) in [6.45, 7) is 0.567. The molecule has 5 nitrogen and oxygen atoms in total. The van der Waals surface area contributed by atoms with Crippen molar-refractivity contribution in [3.63, 3.8) is 0 Å². The first-order valence-electron chi connectivity index (χ1n) is 8.65. The molecule has 0 fully saturated rings. The number of aromatic nitrogens is 1. The first-order chi connectivity index (χ1) is 13.6. The molecule has 0 unspecified atom stereocenters. The van der Waals surface area contributed by atoms with E-state index in [2.05, 4.69) is 29.3 Å². The molecule has 1 amide bonds. The molecule has 1 heterocycles. The van der Waals surface area contributed by atoms with Gasteiger partial charge in [0.05, 0.1) is 17.7 Å². The Bertz CT molecular complexity index is 1250. The zero-order valence-electron chi connectivity index (χ0n) is 14.8. The molecule has 0 aliphatic heterocycles. The maximum absolute atomic E-state index is 12.6. The van der Waals surface area contributed by atoms with Gasteiger partial charge in [0.1, 0.15) is 0 Å². The molecule has 138 valence electrons. The lowest BCUT2D eigenvalue weighted by molar-refractivity contribution is 0.0692. The monoisotopic (exact) mass is 388 g/mol. The summed E-state index contributed by atoms with van der Waals surface area (Å²) in [4.78, 5) is 28.7. The van der Waals surface area contributed by atoms with Gasteiger partial charge in [-0.1, -0.05) is 54.6 Å². The highest BCUT2D eigenvalue weighted by molar-refractivity contribution is 7.07. The SMILES string of the molecule is O=C(O)c1ccccc1C(=O)/N=c1\sccn1Cc1cccc2ccccc12. The minimum absolute atomic E-state index is 0.0478. The molecular weight excluding hydrogens is 372 g/mol. The van der Waals surface area contributed by atoms with Gasteiger partial charge in [-0.2, -0.15) is 4.99 Å². The second kappa shape index (κ2) is 7.62. The Balaban J connectivity index is 1.72. The van der Waals surface area contributed by atoms with Crippen LogP contribution in [0.2, 0.25) is 0 Å². The first kappa shape index (κ1) is 17.9. The van der Waals surface area contributed by atoms with Gasteiger partial charge in [0.2, 0.25) is 0 Å². The molecule has 0 spiro atoms. The van der Waals surface area contributed by atoms with Crippen LogP contribution in [0.4, 0.5) is 0 Å². The molecule has 4 aromatic rings. The van der Waals surface area contributed by atoms with Gasteiger partial charge in [-0.25, -0.2) is 4.79 Å². The number of aromatic carboxylic acids is 1. The topological polar surface area (TPSA) is 71.7 Å². The van der Waals surface area contributed by atoms with Crippen LogP contribution in [-0.2, 0) is 6.54 Å². The number of nitrogens with zero attached hydrogens (tertiary/aromatic N) is 2. The quantitative estimate of drug-likeness (QED) is 0.570. The maximum Gasteiger partial charge on any atom is 0.336 e. The van der Waals surface area contributed by atoms with Crippen molar-refractivity contribution < 1.29 is 14.7 Å². The van der Waals surface area contributed by atoms with E-state index in [1.807, 2.05) is 34.3 Å². The highest BCUT2D eigenvalue weighted by Crippen LogP contribution is 2.19. The number of thiazole rings is 1. The first-order valence-corrected chi connectivity index (χ1v) is 9.53. The van der Waals surface area contributed by atoms with Crippen LogP contribution in [0.25, 0.3) is 10.8 Å². The molecule has 0 aliphatic carbocycles. The molecule has 6 heteroatoms. The molecule has 0 radical (unpaired) electrons. The number of hydrogen-bond donors (Lipinski definition) is 1. The van der Waals surface area contributed by atoms with Crippen molar-refractivity contribution in [1.82, 2.24) is 4.57 Å². The number of fused-ring (bicyclic) bond motifs is 1. The predicted octanol–water partition coefficient (Wildman–Crippen LogP) is 4.19. The zero-order chi connectivity index (χ0) is 19.5. The van der Waals surface area contributed by atoms with Gasteiger partial charge in [0, 0.05) is 11.6 Å². The molecular formula is C22H16N2O3S. The Hall–Kier alpha value is -3.51. The Morgan fingerprint density at radius 1 is 0.929 bits per heavy atom. The second-order valence-electron chi connectivity index (χ2n) is 6.22. The van der Waals surface area contributed by atoms with E-state index in [4.69, 9.17) is 0 Å². The Morgan fingerprint density at radius 3 is 2.46 bits per heavy atom. The molecule has 4 rings (SSSR count). The summed E-state index contributed by atoms with van der Waals surface area (Å²) in [7, 11) is 0. The number of amides is 1. The lowest BCUT2D eigenvalue weighted by atomic mass is 10.0. The van der Waals surface area contributed by atoms with Crippen LogP contribution in [0, 0.1) is 0 Å². The molecule has 0 saturated carbocycles. The summed E-state index contributed by atoms with van der Waals surface area (Å²) >= 11 is 1.34. The van der Waals surface area contributed by atoms with E-state index in [1.165, 1.54) is 23.5 Å². The Labute approximate surface area is 164 Å². The lowest BCUT2D eigenvalue weighted by Crippen LogP contribution is -2.18. The van der Waals surface area contributed by atoms with Crippen LogP contribution in [0.3, 0.4) is 0 Å². The molecule has 0 aliphatic rings. The molecule has 28 heavy (non-hydrogen) atoms. The third-order valence-electron chi connectivity index (χ3n) is 4.47. The van der Waals surface area contributed by atoms with Crippen LogP contribution in [0.1, 0.15) is 26.3 Å². The number of rotatable bonds is 4. The van der Waals surface area contributed by atoms with Crippen LogP contribution in [-0.4, -0.2) is 21.6 Å². The minimum Gasteiger partial charge on any atom is -0.478 e. The molecule has 1 N–H and O–H groups in total. The number of carbonyl (C=O) groups excluding carboxylic acids is 1. The summed E-state index contributed by atoms with van der Waals surface area (Å²) < 4.78 is 1.90. The fourth-order valence-electron chi connectivity index (χ4n) is 3.12. The molecule has 0 atom stereocenters. The van der Waals surface area contributed by atoms with Crippen LogP contribution < -0.4 is 4.80 Å². The fourth-order valence-corrected chi connectivity index (χ4v) is 3.85. The molecule has 0 saturated heterocycles. The van der Waals surface area contributed by atoms with Crippen LogP contribution in [0.5, 0.6) is 0 Å². The zero-order valence-corrected chi connectivity index (χ0v) is 15.6. The Morgan fingerprint density at radius 2 is 1.64 bits per heavy atom. The van der Waals surface area contributed by atoms with Gasteiger partial charge in [-0.05, 0) is 28.5 Å². The highest BCUT2D eigenvalue weighted by atomic mass is 32.1. The number of carbonyl (C=O) groups is 2. The van der Waals surface area contributed by atoms with Crippen molar-refractivity contribution in [3.05, 3.63) is 99.8 Å². The summed E-state index contributed by atoms with van der Waals surface area (Å²) in [5.74, 6) is -1.71. The van der Waals surface area contributed by atoms with E-state index in [1.54, 1.807) is 12.1 Å². The molecule has 3 aromatic carbocycles. The smallest absolute Gasteiger partial charge is 0.336 e. The standard InChI is InChI=1S/C22H16N2O3S/c25-20(18-10-3-4-11-19(18)21(26)27)23-22-24(12-13-28-22)14-16-8-5-7-15-6-1-2-9-17(15)16/h1-13H,14H2,(H,26,27)/b23-22-. The summed E-state index contributed by atoms with van der Waals surface area (Å²) in [6.07, 6.45) is 1.88. The van der Waals surface area contributed by atoms with Crippen molar-refractivity contribution >= 4 is 34.0 Å². The van der Waals surface area contributed by atoms with Crippen molar-refractivity contribution in [1.29, 1.82) is 0 Å². The van der Waals surface area contributed by atoms with Crippen molar-refractivity contribution in [2.24, 2.45) is 4.99 Å². The van der Waals surface area contributed by atoms with Crippen LogP contribution >= 0.6 is 11.3 Å². The van der Waals surface area contributed by atoms with Gasteiger partial charge < -0.3 is 9.67 Å². The van der Waals surface area contributed by atoms with Gasteiger partial charge >= 0.3 is 5.97 Å². The largest absolute Gasteiger partial charge is 0.478 e. The minimum atomic E-state index is -1.14. The Kier molecular flexibility index (Phi) is 4.87. The summed E-state index contributed by atoms with van der Waals surface area (Å²) in [5.41, 5.74) is 1.16. The number of hydrogen-bond acceptors (Lipinski definition) is 3. The third-order valence-corrected chi connectivity index (χ3v) is 5.26. The van der Waals surface area contributed by atoms with Gasteiger partial charge in [-0.15, -0.1) is 11.3 Å². The average molecular weight is 388 g/mol. The summed E-state index contributed by atoms with van der Waals surface area (Å²) in [6, 6.07) is 20.4. The molecule has 0 bridgehead atoms. The number of carboxylic acid groups (broad SMARTS) is 1. The van der Waals surface area contributed by atoms with Gasteiger partial charge in [0.15, 0.2) is 4.80 Å². The predicted molar refractivity (Wildman–Crippen MR) is 109 cm³/mol. The van der Waals surface area contributed by atoms with E-state index in [0.29, 0.717) is 11.3 Å². The van der Waals surface area contributed by atoms with E-state index in [9.17, 15) is 14.7 Å².